The fraction of sp³-hybridized carbons (Fsp3) is 0.750. The Morgan fingerprint density at radius 3 is 2.38 bits per heavy atom. The molecular formula is C12H20F2N2. The number of rotatable bonds is 3. The molecule has 0 aromatic heterocycles. The average molecular weight is 230 g/mol. The molecule has 0 amide bonds. The van der Waals surface area contributed by atoms with E-state index < -0.39 is 5.92 Å². The van der Waals surface area contributed by atoms with Gasteiger partial charge >= 0.3 is 0 Å². The predicted molar refractivity (Wildman–Crippen MR) is 62.8 cm³/mol. The Balaban J connectivity index is 2.47. The molecule has 2 N–H and O–H groups in total. The SMILES string of the molecule is CC(C)C(C=NC1CCC(F)(F)CC1)=CN. The van der Waals surface area contributed by atoms with Crippen LogP contribution in [-0.2, 0) is 0 Å². The van der Waals surface area contributed by atoms with Gasteiger partial charge in [0.15, 0.2) is 0 Å². The lowest BCUT2D eigenvalue weighted by Gasteiger charge is -2.25. The average Bonchev–Trinajstić information content (AvgIpc) is 2.20. The van der Waals surface area contributed by atoms with Crippen LogP contribution in [0.4, 0.5) is 8.78 Å². The Bertz CT molecular complexity index is 273. The van der Waals surface area contributed by atoms with E-state index in [-0.39, 0.29) is 18.9 Å². The van der Waals surface area contributed by atoms with Crippen molar-refractivity contribution in [2.45, 2.75) is 51.5 Å². The van der Waals surface area contributed by atoms with Crippen molar-refractivity contribution in [2.75, 3.05) is 0 Å². The Morgan fingerprint density at radius 2 is 1.94 bits per heavy atom. The summed E-state index contributed by atoms with van der Waals surface area (Å²) in [4.78, 5) is 4.33. The fourth-order valence-electron chi connectivity index (χ4n) is 1.75. The van der Waals surface area contributed by atoms with E-state index in [1.165, 1.54) is 6.20 Å². The first-order chi connectivity index (χ1) is 7.44. The number of aliphatic imine (C=N–C) groups is 1. The monoisotopic (exact) mass is 230 g/mol. The van der Waals surface area contributed by atoms with E-state index in [1.54, 1.807) is 6.21 Å². The van der Waals surface area contributed by atoms with Crippen molar-refractivity contribution in [1.29, 1.82) is 0 Å². The third-order valence-electron chi connectivity index (χ3n) is 2.98. The molecule has 0 spiro atoms. The van der Waals surface area contributed by atoms with E-state index in [0.717, 1.165) is 5.57 Å². The van der Waals surface area contributed by atoms with Crippen LogP contribution in [0.2, 0.25) is 0 Å². The van der Waals surface area contributed by atoms with Gasteiger partial charge in [-0.1, -0.05) is 13.8 Å². The normalized spacial score (nSPS) is 23.2. The maximum atomic E-state index is 12.9. The van der Waals surface area contributed by atoms with Crippen molar-refractivity contribution in [3.63, 3.8) is 0 Å². The summed E-state index contributed by atoms with van der Waals surface area (Å²) in [6.45, 7) is 4.06. The number of nitrogens with zero attached hydrogens (tertiary/aromatic N) is 1. The van der Waals surface area contributed by atoms with Gasteiger partial charge in [0.1, 0.15) is 0 Å². The minimum atomic E-state index is -2.48. The lowest BCUT2D eigenvalue weighted by Crippen LogP contribution is -2.26. The topological polar surface area (TPSA) is 38.4 Å². The molecule has 0 unspecified atom stereocenters. The molecule has 92 valence electrons. The van der Waals surface area contributed by atoms with E-state index in [0.29, 0.717) is 18.8 Å². The van der Waals surface area contributed by atoms with Crippen LogP contribution in [-0.4, -0.2) is 18.2 Å². The maximum absolute atomic E-state index is 12.9. The summed E-state index contributed by atoms with van der Waals surface area (Å²) >= 11 is 0. The van der Waals surface area contributed by atoms with Crippen molar-refractivity contribution in [1.82, 2.24) is 0 Å². The summed E-state index contributed by atoms with van der Waals surface area (Å²) in [5.74, 6) is -2.16. The zero-order valence-corrected chi connectivity index (χ0v) is 9.92. The summed E-state index contributed by atoms with van der Waals surface area (Å²) < 4.78 is 25.8. The van der Waals surface area contributed by atoms with Gasteiger partial charge in [-0.15, -0.1) is 0 Å². The van der Waals surface area contributed by atoms with E-state index >= 15 is 0 Å². The van der Waals surface area contributed by atoms with E-state index in [1.807, 2.05) is 13.8 Å². The van der Waals surface area contributed by atoms with Gasteiger partial charge in [-0.25, -0.2) is 8.78 Å². The number of hydrogen-bond donors (Lipinski definition) is 1. The Morgan fingerprint density at radius 1 is 1.38 bits per heavy atom. The van der Waals surface area contributed by atoms with Gasteiger partial charge < -0.3 is 5.73 Å². The number of nitrogens with two attached hydrogens (primary N) is 1. The summed E-state index contributed by atoms with van der Waals surface area (Å²) in [7, 11) is 0. The molecule has 1 rings (SSSR count). The van der Waals surface area contributed by atoms with Crippen LogP contribution < -0.4 is 5.73 Å². The Hall–Kier alpha value is -0.930. The molecular weight excluding hydrogens is 210 g/mol. The molecule has 1 aliphatic rings. The van der Waals surface area contributed by atoms with Crippen molar-refractivity contribution in [2.24, 2.45) is 16.6 Å². The maximum Gasteiger partial charge on any atom is 0.248 e. The number of allylic oxidation sites excluding steroid dienone is 1. The molecule has 1 saturated carbocycles. The van der Waals surface area contributed by atoms with E-state index in [4.69, 9.17) is 5.73 Å². The number of alkyl halides is 2. The lowest BCUT2D eigenvalue weighted by atomic mass is 9.92. The zero-order valence-electron chi connectivity index (χ0n) is 9.92. The van der Waals surface area contributed by atoms with Crippen LogP contribution in [0.3, 0.4) is 0 Å². The highest BCUT2D eigenvalue weighted by Gasteiger charge is 2.34. The third-order valence-corrected chi connectivity index (χ3v) is 2.98. The number of halogens is 2. The van der Waals surface area contributed by atoms with Crippen LogP contribution in [0.15, 0.2) is 16.8 Å². The van der Waals surface area contributed by atoms with Gasteiger partial charge in [-0.2, -0.15) is 0 Å². The van der Waals surface area contributed by atoms with Gasteiger partial charge in [0.05, 0.1) is 6.04 Å². The minimum Gasteiger partial charge on any atom is -0.404 e. The Kier molecular flexibility index (Phi) is 4.44. The minimum absolute atomic E-state index is 0.0355. The summed E-state index contributed by atoms with van der Waals surface area (Å²) in [6.07, 6.45) is 4.13. The van der Waals surface area contributed by atoms with Crippen LogP contribution in [0.25, 0.3) is 0 Å². The van der Waals surface area contributed by atoms with Gasteiger partial charge in [0.25, 0.3) is 0 Å². The van der Waals surface area contributed by atoms with Crippen molar-refractivity contribution in [3.05, 3.63) is 11.8 Å². The Labute approximate surface area is 95.6 Å². The van der Waals surface area contributed by atoms with Gasteiger partial charge in [-0.3, -0.25) is 4.99 Å². The van der Waals surface area contributed by atoms with E-state index in [9.17, 15) is 8.78 Å². The second-order valence-corrected chi connectivity index (χ2v) is 4.69. The highest BCUT2D eigenvalue weighted by Crippen LogP contribution is 2.34. The van der Waals surface area contributed by atoms with Crippen LogP contribution >= 0.6 is 0 Å². The van der Waals surface area contributed by atoms with Crippen molar-refractivity contribution < 1.29 is 8.78 Å². The van der Waals surface area contributed by atoms with Crippen LogP contribution in [0, 0.1) is 5.92 Å². The smallest absolute Gasteiger partial charge is 0.248 e. The van der Waals surface area contributed by atoms with Crippen molar-refractivity contribution in [3.8, 4) is 0 Å². The van der Waals surface area contributed by atoms with Crippen LogP contribution in [0.5, 0.6) is 0 Å². The molecule has 0 aromatic carbocycles. The first-order valence-electron chi connectivity index (χ1n) is 5.77. The van der Waals surface area contributed by atoms with E-state index in [2.05, 4.69) is 4.99 Å². The zero-order chi connectivity index (χ0) is 12.2. The molecule has 0 aromatic rings. The summed E-state index contributed by atoms with van der Waals surface area (Å²) in [5, 5.41) is 0. The highest BCUT2D eigenvalue weighted by molar-refractivity contribution is 5.78. The molecule has 0 atom stereocenters. The second kappa shape index (κ2) is 5.41. The summed E-state index contributed by atoms with van der Waals surface area (Å²) in [5.41, 5.74) is 6.41. The first kappa shape index (κ1) is 13.1. The predicted octanol–water partition coefficient (Wildman–Crippen LogP) is 3.13. The lowest BCUT2D eigenvalue weighted by molar-refractivity contribution is -0.0373. The molecule has 16 heavy (non-hydrogen) atoms. The van der Waals surface area contributed by atoms with Gasteiger partial charge in [0.2, 0.25) is 5.92 Å². The molecule has 0 bridgehead atoms. The standard InChI is InChI=1S/C12H20F2N2/c1-9(2)10(7-15)8-16-11-3-5-12(13,14)6-4-11/h7-9,11H,3-6,15H2,1-2H3. The fourth-order valence-corrected chi connectivity index (χ4v) is 1.75. The molecule has 1 aliphatic carbocycles. The second-order valence-electron chi connectivity index (χ2n) is 4.69. The molecule has 0 saturated heterocycles. The molecule has 0 heterocycles. The molecule has 1 fully saturated rings. The molecule has 4 heteroatoms. The highest BCUT2D eigenvalue weighted by atomic mass is 19.3. The van der Waals surface area contributed by atoms with Gasteiger partial charge in [0, 0.05) is 19.1 Å². The largest absolute Gasteiger partial charge is 0.404 e. The van der Waals surface area contributed by atoms with Crippen LogP contribution in [0.1, 0.15) is 39.5 Å². The third kappa shape index (κ3) is 3.91. The molecule has 2 nitrogen and oxygen atoms in total. The molecule has 0 radical (unpaired) electrons. The summed E-state index contributed by atoms with van der Waals surface area (Å²) in [6, 6.07) is 0.0355. The first-order valence-corrected chi connectivity index (χ1v) is 5.77. The number of hydrogen-bond acceptors (Lipinski definition) is 2. The van der Waals surface area contributed by atoms with Gasteiger partial charge in [-0.05, 0) is 30.5 Å². The van der Waals surface area contributed by atoms with Crippen molar-refractivity contribution >= 4 is 6.21 Å². The quantitative estimate of drug-likeness (QED) is 0.743. The molecule has 0 aliphatic heterocycles.